The van der Waals surface area contributed by atoms with Gasteiger partial charge in [-0.15, -0.1) is 37.2 Å². The summed E-state index contributed by atoms with van der Waals surface area (Å²) < 4.78 is 16.6. The standard InChI is InChI=1S/C34H38N6O4.3ClH/c1-42-31-27(32(43-2)37-34(36-31)44-3)22-38-20-26-21-39(33(41)28-16-10-11-17-35-28)18-19-40(26)29(23-38)30(24-12-6-4-7-13-24)25-14-8-5-9-15-25;;;/h4-17,26,29-30H,18-23H2,1-3H3;3*1H/t26-,29?;;;/m1.../s1. The Labute approximate surface area is 294 Å². The highest BCUT2D eigenvalue weighted by Gasteiger charge is 2.43. The number of carbonyl (C=O) groups is 1. The minimum Gasteiger partial charge on any atom is -0.481 e. The first-order chi connectivity index (χ1) is 21.6. The van der Waals surface area contributed by atoms with Crippen molar-refractivity contribution in [2.24, 2.45) is 0 Å². The van der Waals surface area contributed by atoms with E-state index in [-0.39, 0.29) is 67.1 Å². The zero-order valence-corrected chi connectivity index (χ0v) is 29.0. The van der Waals surface area contributed by atoms with Crippen molar-refractivity contribution in [3.8, 4) is 17.8 Å². The van der Waals surface area contributed by atoms with Crippen LogP contribution in [0.5, 0.6) is 17.8 Å². The van der Waals surface area contributed by atoms with E-state index in [1.54, 1.807) is 26.5 Å². The second kappa shape index (κ2) is 17.5. The number of hydrogen-bond acceptors (Lipinski definition) is 9. The van der Waals surface area contributed by atoms with E-state index in [2.05, 4.69) is 85.4 Å². The molecule has 10 nitrogen and oxygen atoms in total. The van der Waals surface area contributed by atoms with Crippen LogP contribution in [0.1, 0.15) is 33.1 Å². The van der Waals surface area contributed by atoms with Gasteiger partial charge in [-0.2, -0.15) is 9.97 Å². The number of pyridine rings is 1. The molecule has 2 atom stereocenters. The van der Waals surface area contributed by atoms with Gasteiger partial charge in [-0.1, -0.05) is 66.7 Å². The van der Waals surface area contributed by atoms with Gasteiger partial charge in [0.1, 0.15) is 5.69 Å². The number of rotatable bonds is 9. The maximum Gasteiger partial charge on any atom is 0.322 e. The van der Waals surface area contributed by atoms with Gasteiger partial charge in [-0.3, -0.25) is 19.6 Å². The van der Waals surface area contributed by atoms with Gasteiger partial charge in [0.25, 0.3) is 5.91 Å². The summed E-state index contributed by atoms with van der Waals surface area (Å²) in [4.78, 5) is 33.7. The lowest BCUT2D eigenvalue weighted by Crippen LogP contribution is -2.67. The maximum absolute atomic E-state index is 13.5. The van der Waals surface area contributed by atoms with E-state index in [0.29, 0.717) is 37.1 Å². The van der Waals surface area contributed by atoms with E-state index in [9.17, 15) is 4.79 Å². The topological polar surface area (TPSA) is 93.2 Å². The summed E-state index contributed by atoms with van der Waals surface area (Å²) in [6.45, 7) is 4.07. The average Bonchev–Trinajstić information content (AvgIpc) is 3.09. The van der Waals surface area contributed by atoms with Crippen LogP contribution in [0.25, 0.3) is 0 Å². The highest BCUT2D eigenvalue weighted by molar-refractivity contribution is 5.92. The fourth-order valence-electron chi connectivity index (χ4n) is 6.64. The minimum atomic E-state index is -0.0338. The average molecular weight is 704 g/mol. The van der Waals surface area contributed by atoms with Crippen LogP contribution in [-0.4, -0.2) is 102 Å². The first-order valence-corrected chi connectivity index (χ1v) is 14.9. The zero-order valence-electron chi connectivity index (χ0n) is 26.6. The van der Waals surface area contributed by atoms with E-state index in [0.717, 1.165) is 25.2 Å². The Morgan fingerprint density at radius 1 is 0.766 bits per heavy atom. The molecule has 0 spiro atoms. The lowest BCUT2D eigenvalue weighted by Gasteiger charge is -2.53. The molecule has 0 radical (unpaired) electrons. The number of piperazine rings is 2. The first-order valence-electron chi connectivity index (χ1n) is 14.9. The molecule has 4 aromatic rings. The molecule has 0 saturated carbocycles. The van der Waals surface area contributed by atoms with Crippen molar-refractivity contribution in [3.05, 3.63) is 107 Å². The van der Waals surface area contributed by atoms with Crippen LogP contribution in [0.2, 0.25) is 0 Å². The highest BCUT2D eigenvalue weighted by atomic mass is 35.5. The summed E-state index contributed by atoms with van der Waals surface area (Å²) in [5, 5.41) is 0. The van der Waals surface area contributed by atoms with Crippen molar-refractivity contribution in [3.63, 3.8) is 0 Å². The Balaban J connectivity index is 0.00000200. The predicted octanol–water partition coefficient (Wildman–Crippen LogP) is 5.01. The molecule has 0 bridgehead atoms. The lowest BCUT2D eigenvalue weighted by atomic mass is 9.81. The molecule has 6 rings (SSSR count). The monoisotopic (exact) mass is 702 g/mol. The molecule has 1 amide bonds. The fourth-order valence-corrected chi connectivity index (χ4v) is 6.64. The van der Waals surface area contributed by atoms with Crippen LogP contribution in [0.4, 0.5) is 0 Å². The Hall–Kier alpha value is -3.67. The van der Waals surface area contributed by atoms with Gasteiger partial charge < -0.3 is 19.1 Å². The zero-order chi connectivity index (χ0) is 30.5. The number of aromatic nitrogens is 3. The molecular weight excluding hydrogens is 663 g/mol. The summed E-state index contributed by atoms with van der Waals surface area (Å²) in [6, 6.07) is 27.3. The molecule has 2 aromatic heterocycles. The van der Waals surface area contributed by atoms with Crippen molar-refractivity contribution < 1.29 is 19.0 Å². The van der Waals surface area contributed by atoms with Crippen LogP contribution in [0, 0.1) is 0 Å². The lowest BCUT2D eigenvalue weighted by molar-refractivity contribution is -0.0293. The van der Waals surface area contributed by atoms with Gasteiger partial charge in [0.2, 0.25) is 11.8 Å². The van der Waals surface area contributed by atoms with Crippen molar-refractivity contribution in [2.75, 3.05) is 54.1 Å². The third-order valence-electron chi connectivity index (χ3n) is 8.60. The molecule has 13 heteroatoms. The number of halogens is 3. The summed E-state index contributed by atoms with van der Waals surface area (Å²) in [5.41, 5.74) is 3.76. The minimum absolute atomic E-state index is 0. The third-order valence-corrected chi connectivity index (χ3v) is 8.60. The summed E-state index contributed by atoms with van der Waals surface area (Å²) >= 11 is 0. The Morgan fingerprint density at radius 3 is 1.89 bits per heavy atom. The normalized spacial score (nSPS) is 17.7. The molecule has 0 aliphatic carbocycles. The number of amides is 1. The number of fused-ring (bicyclic) bond motifs is 1. The van der Waals surface area contributed by atoms with Crippen molar-refractivity contribution in [2.45, 2.75) is 24.5 Å². The Kier molecular flexibility index (Phi) is 14.0. The Bertz CT molecular complexity index is 1490. The summed E-state index contributed by atoms with van der Waals surface area (Å²) in [7, 11) is 4.70. The van der Waals surface area contributed by atoms with Crippen molar-refractivity contribution in [1.82, 2.24) is 29.7 Å². The number of methoxy groups -OCH3 is 3. The smallest absolute Gasteiger partial charge is 0.322 e. The molecule has 1 unspecified atom stereocenters. The van der Waals surface area contributed by atoms with Gasteiger partial charge in [0, 0.05) is 63.5 Å². The van der Waals surface area contributed by atoms with Gasteiger partial charge in [-0.05, 0) is 23.3 Å². The molecule has 0 N–H and O–H groups in total. The SMILES string of the molecule is COc1nc(OC)c(CN2CC(C(c3ccccc3)c3ccccc3)N3CCN(C(=O)c4ccccn4)C[C@H]3C2)c(OC)n1.Cl.Cl.Cl. The molecule has 2 saturated heterocycles. The summed E-state index contributed by atoms with van der Waals surface area (Å²) in [5.74, 6) is 0.932. The quantitative estimate of drug-likeness (QED) is 0.239. The number of nitrogens with zero attached hydrogens (tertiary/aromatic N) is 6. The summed E-state index contributed by atoms with van der Waals surface area (Å²) in [6.07, 6.45) is 1.67. The van der Waals surface area contributed by atoms with E-state index in [1.165, 1.54) is 18.2 Å². The number of carbonyl (C=O) groups excluding carboxylic acids is 1. The van der Waals surface area contributed by atoms with E-state index in [1.807, 2.05) is 17.0 Å². The largest absolute Gasteiger partial charge is 0.481 e. The first kappa shape index (κ1) is 37.8. The van der Waals surface area contributed by atoms with Gasteiger partial charge in [0.05, 0.1) is 26.9 Å². The molecule has 252 valence electrons. The molecule has 2 aliphatic heterocycles. The molecule has 2 aliphatic rings. The van der Waals surface area contributed by atoms with Crippen LogP contribution in [0.3, 0.4) is 0 Å². The highest BCUT2D eigenvalue weighted by Crippen LogP contribution is 2.37. The molecule has 47 heavy (non-hydrogen) atoms. The second-order valence-electron chi connectivity index (χ2n) is 11.1. The van der Waals surface area contributed by atoms with Gasteiger partial charge in [-0.25, -0.2) is 0 Å². The van der Waals surface area contributed by atoms with Crippen LogP contribution < -0.4 is 14.2 Å². The maximum atomic E-state index is 13.5. The third kappa shape index (κ3) is 8.25. The predicted molar refractivity (Wildman–Crippen MR) is 188 cm³/mol. The van der Waals surface area contributed by atoms with Crippen LogP contribution in [-0.2, 0) is 6.54 Å². The van der Waals surface area contributed by atoms with E-state index >= 15 is 0 Å². The van der Waals surface area contributed by atoms with Gasteiger partial charge >= 0.3 is 6.01 Å². The van der Waals surface area contributed by atoms with Gasteiger partial charge in [0.15, 0.2) is 0 Å². The van der Waals surface area contributed by atoms with Crippen LogP contribution in [0.15, 0.2) is 85.1 Å². The number of hydrogen-bond donors (Lipinski definition) is 0. The fraction of sp³-hybridized carbons (Fsp3) is 0.353. The number of benzene rings is 2. The number of ether oxygens (including phenoxy) is 3. The molecule has 4 heterocycles. The Morgan fingerprint density at radius 2 is 1.36 bits per heavy atom. The van der Waals surface area contributed by atoms with E-state index in [4.69, 9.17) is 14.2 Å². The van der Waals surface area contributed by atoms with E-state index < -0.39 is 0 Å². The van der Waals surface area contributed by atoms with Crippen molar-refractivity contribution >= 4 is 43.1 Å². The molecular formula is C34H41Cl3N6O4. The second-order valence-corrected chi connectivity index (χ2v) is 11.1. The molecule has 2 aromatic carbocycles. The van der Waals surface area contributed by atoms with Crippen LogP contribution >= 0.6 is 37.2 Å². The molecule has 2 fully saturated rings. The van der Waals surface area contributed by atoms with Crippen molar-refractivity contribution in [1.29, 1.82) is 0 Å².